The molecule has 7 nitrogen and oxygen atoms in total. The van der Waals surface area contributed by atoms with Crippen LogP contribution in [-0.2, 0) is 4.79 Å². The highest BCUT2D eigenvalue weighted by Gasteiger charge is 2.34. The van der Waals surface area contributed by atoms with Crippen molar-refractivity contribution in [3.8, 4) is 0 Å². The highest BCUT2D eigenvalue weighted by Crippen LogP contribution is 2.30. The van der Waals surface area contributed by atoms with Gasteiger partial charge in [0.1, 0.15) is 0 Å². The van der Waals surface area contributed by atoms with Gasteiger partial charge < -0.3 is 20.2 Å². The number of likely N-dealkylation sites (tertiary alicyclic amines) is 1. The van der Waals surface area contributed by atoms with Crippen LogP contribution in [0.3, 0.4) is 0 Å². The maximum Gasteiger partial charge on any atom is 0.317 e. The van der Waals surface area contributed by atoms with Crippen LogP contribution in [0.5, 0.6) is 0 Å². The van der Waals surface area contributed by atoms with Gasteiger partial charge in [-0.2, -0.15) is 0 Å². The standard InChI is InChI=1S/C20H38N4O3/c1-22(2)20(11-6-4-5-7-12-20)16-21-19(27)24-13-8-9-17(10-14-24)23(3)15-18(25)26/h17H,4-16H2,1-3H3,(H,21,27)(H,25,26). The molecule has 0 radical (unpaired) electrons. The van der Waals surface area contributed by atoms with Gasteiger partial charge in [-0.05, 0) is 53.2 Å². The van der Waals surface area contributed by atoms with Gasteiger partial charge in [-0.25, -0.2) is 4.79 Å². The number of carboxylic acids is 1. The molecule has 1 saturated heterocycles. The number of carboxylic acid groups (broad SMARTS) is 1. The third-order valence-corrected chi connectivity index (χ3v) is 6.54. The summed E-state index contributed by atoms with van der Waals surface area (Å²) in [5.41, 5.74) is 0.0717. The number of nitrogens with one attached hydrogen (secondary N) is 1. The summed E-state index contributed by atoms with van der Waals surface area (Å²) in [6, 6.07) is 0.260. The number of hydrogen-bond acceptors (Lipinski definition) is 4. The van der Waals surface area contributed by atoms with Gasteiger partial charge in [-0.1, -0.05) is 25.7 Å². The van der Waals surface area contributed by atoms with E-state index < -0.39 is 5.97 Å². The van der Waals surface area contributed by atoms with Crippen molar-refractivity contribution in [2.24, 2.45) is 0 Å². The minimum Gasteiger partial charge on any atom is -0.480 e. The second-order valence-corrected chi connectivity index (χ2v) is 8.57. The van der Waals surface area contributed by atoms with E-state index in [0.717, 1.165) is 38.6 Å². The lowest BCUT2D eigenvalue weighted by Gasteiger charge is -2.40. The molecule has 27 heavy (non-hydrogen) atoms. The van der Waals surface area contributed by atoms with Gasteiger partial charge >= 0.3 is 12.0 Å². The van der Waals surface area contributed by atoms with Crippen molar-refractivity contribution >= 4 is 12.0 Å². The van der Waals surface area contributed by atoms with Gasteiger partial charge in [-0.15, -0.1) is 0 Å². The second-order valence-electron chi connectivity index (χ2n) is 8.57. The fourth-order valence-corrected chi connectivity index (χ4v) is 4.59. The van der Waals surface area contributed by atoms with Crippen LogP contribution in [0.1, 0.15) is 57.8 Å². The number of nitrogens with zero attached hydrogens (tertiary/aromatic N) is 3. The van der Waals surface area contributed by atoms with Crippen molar-refractivity contribution in [1.29, 1.82) is 0 Å². The lowest BCUT2D eigenvalue weighted by atomic mass is 9.89. The molecule has 1 aliphatic carbocycles. The average Bonchev–Trinajstić information content (AvgIpc) is 3.00. The SMILES string of the molecule is CN(CC(=O)O)C1CCCN(C(=O)NCC2(N(C)C)CCCCCC2)CC1. The molecule has 0 bridgehead atoms. The minimum absolute atomic E-state index is 0.0296. The Bertz CT molecular complexity index is 490. The van der Waals surface area contributed by atoms with E-state index in [0.29, 0.717) is 13.1 Å². The van der Waals surface area contributed by atoms with Crippen LogP contribution in [0, 0.1) is 0 Å². The Kier molecular flexibility index (Phi) is 8.35. The quantitative estimate of drug-likeness (QED) is 0.689. The molecule has 0 spiro atoms. The molecule has 2 fully saturated rings. The summed E-state index contributed by atoms with van der Waals surface area (Å²) in [5.74, 6) is -0.797. The van der Waals surface area contributed by atoms with E-state index in [4.69, 9.17) is 5.11 Å². The molecule has 7 heteroatoms. The summed E-state index contributed by atoms with van der Waals surface area (Å²) >= 11 is 0. The van der Waals surface area contributed by atoms with Gasteiger partial charge in [0.05, 0.1) is 6.54 Å². The second kappa shape index (κ2) is 10.3. The predicted molar refractivity (Wildman–Crippen MR) is 107 cm³/mol. The van der Waals surface area contributed by atoms with E-state index in [1.165, 1.54) is 25.7 Å². The molecular weight excluding hydrogens is 344 g/mol. The predicted octanol–water partition coefficient (Wildman–Crippen LogP) is 2.22. The Labute approximate surface area is 164 Å². The third kappa shape index (κ3) is 6.35. The average molecular weight is 383 g/mol. The molecule has 2 rings (SSSR count). The number of hydrogen-bond donors (Lipinski definition) is 2. The van der Waals surface area contributed by atoms with Gasteiger partial charge in [0, 0.05) is 31.2 Å². The summed E-state index contributed by atoms with van der Waals surface area (Å²) < 4.78 is 0. The van der Waals surface area contributed by atoms with Gasteiger partial charge in [0.25, 0.3) is 0 Å². The molecule has 1 aliphatic heterocycles. The summed E-state index contributed by atoms with van der Waals surface area (Å²) in [4.78, 5) is 29.8. The summed E-state index contributed by atoms with van der Waals surface area (Å²) in [6.45, 7) is 2.20. The summed E-state index contributed by atoms with van der Waals surface area (Å²) in [6.07, 6.45) is 10.0. The lowest BCUT2D eigenvalue weighted by molar-refractivity contribution is -0.138. The van der Waals surface area contributed by atoms with E-state index in [2.05, 4.69) is 24.3 Å². The van der Waals surface area contributed by atoms with Crippen LogP contribution >= 0.6 is 0 Å². The number of carbonyl (C=O) groups excluding carboxylic acids is 1. The molecular formula is C20H38N4O3. The highest BCUT2D eigenvalue weighted by molar-refractivity contribution is 5.74. The molecule has 2 N–H and O–H groups in total. The molecule has 2 aliphatic rings. The van der Waals surface area contributed by atoms with Gasteiger partial charge in [0.15, 0.2) is 0 Å². The lowest BCUT2D eigenvalue weighted by Crippen LogP contribution is -2.54. The number of carbonyl (C=O) groups is 2. The van der Waals surface area contributed by atoms with Crippen LogP contribution < -0.4 is 5.32 Å². The number of urea groups is 1. The molecule has 1 heterocycles. The zero-order valence-corrected chi connectivity index (χ0v) is 17.4. The first-order valence-corrected chi connectivity index (χ1v) is 10.5. The number of likely N-dealkylation sites (N-methyl/N-ethyl adjacent to an activating group) is 2. The van der Waals surface area contributed by atoms with Crippen molar-refractivity contribution in [3.63, 3.8) is 0 Å². The zero-order chi connectivity index (χ0) is 19.9. The minimum atomic E-state index is -0.797. The Hall–Kier alpha value is -1.34. The number of rotatable bonds is 6. The van der Waals surface area contributed by atoms with Crippen molar-refractivity contribution < 1.29 is 14.7 Å². The molecule has 0 aromatic rings. The Morgan fingerprint density at radius 1 is 1.04 bits per heavy atom. The van der Waals surface area contributed by atoms with Crippen molar-refractivity contribution in [2.75, 3.05) is 47.3 Å². The monoisotopic (exact) mass is 382 g/mol. The molecule has 1 saturated carbocycles. The van der Waals surface area contributed by atoms with Gasteiger partial charge in [0.2, 0.25) is 0 Å². The zero-order valence-electron chi connectivity index (χ0n) is 17.4. The first-order valence-electron chi connectivity index (χ1n) is 10.5. The smallest absolute Gasteiger partial charge is 0.317 e. The fourth-order valence-electron chi connectivity index (χ4n) is 4.59. The molecule has 1 unspecified atom stereocenters. The summed E-state index contributed by atoms with van der Waals surface area (Å²) in [7, 11) is 6.13. The number of aliphatic carboxylic acids is 1. The largest absolute Gasteiger partial charge is 0.480 e. The number of amides is 2. The molecule has 156 valence electrons. The van der Waals surface area contributed by atoms with Crippen molar-refractivity contribution in [2.45, 2.75) is 69.4 Å². The van der Waals surface area contributed by atoms with Crippen molar-refractivity contribution in [3.05, 3.63) is 0 Å². The van der Waals surface area contributed by atoms with Crippen LogP contribution in [0.25, 0.3) is 0 Å². The first kappa shape index (κ1) is 22.0. The normalized spacial score (nSPS) is 23.7. The topological polar surface area (TPSA) is 76.1 Å². The van der Waals surface area contributed by atoms with Crippen LogP contribution in [0.15, 0.2) is 0 Å². The fraction of sp³-hybridized carbons (Fsp3) is 0.900. The molecule has 1 atom stereocenters. The summed E-state index contributed by atoms with van der Waals surface area (Å²) in [5, 5.41) is 12.2. The third-order valence-electron chi connectivity index (χ3n) is 6.54. The molecule has 2 amide bonds. The highest BCUT2D eigenvalue weighted by atomic mass is 16.4. The molecule has 0 aromatic carbocycles. The first-order chi connectivity index (χ1) is 12.8. The van der Waals surface area contributed by atoms with Crippen LogP contribution in [0.4, 0.5) is 4.79 Å². The maximum absolute atomic E-state index is 12.8. The van der Waals surface area contributed by atoms with E-state index in [1.807, 2.05) is 16.8 Å². The van der Waals surface area contributed by atoms with E-state index >= 15 is 0 Å². The van der Waals surface area contributed by atoms with Gasteiger partial charge in [-0.3, -0.25) is 9.69 Å². The Morgan fingerprint density at radius 3 is 2.30 bits per heavy atom. The van der Waals surface area contributed by atoms with Crippen molar-refractivity contribution in [1.82, 2.24) is 20.0 Å². The van der Waals surface area contributed by atoms with E-state index in [1.54, 1.807) is 0 Å². The van der Waals surface area contributed by atoms with Crippen LogP contribution in [0.2, 0.25) is 0 Å². The maximum atomic E-state index is 12.8. The van der Waals surface area contributed by atoms with E-state index in [9.17, 15) is 9.59 Å². The van der Waals surface area contributed by atoms with Crippen LogP contribution in [-0.4, -0.2) is 90.7 Å². The Morgan fingerprint density at radius 2 is 1.70 bits per heavy atom. The Balaban J connectivity index is 1.87. The molecule has 0 aromatic heterocycles. The van der Waals surface area contributed by atoms with E-state index in [-0.39, 0.29) is 24.2 Å².